The minimum atomic E-state index is -4.19. The molecular formula is C23H34N2O7S. The molecule has 33 heavy (non-hydrogen) atoms. The number of likely N-dealkylation sites (N-methyl/N-ethyl adjacent to an activating group) is 1. The Hall–Kier alpha value is -2.14. The fourth-order valence-electron chi connectivity index (χ4n) is 3.41. The molecule has 0 saturated carbocycles. The van der Waals surface area contributed by atoms with Crippen LogP contribution < -0.4 is 4.74 Å². The molecule has 0 bridgehead atoms. The number of hydrogen-bond acceptors (Lipinski definition) is 8. The standard InChI is InChI=1S/C23H34N2O7S/c1-22(2,21(26)31-16-23(3)14-30-15-23)13-32-33(27,28)25-12-17(9-10-24(4)5)19-11-18(29-6)7-8-20(19)25/h7-8,11-12H,9-10,13-16H2,1-6H3. The molecule has 0 spiro atoms. The minimum Gasteiger partial charge on any atom is -0.497 e. The van der Waals surface area contributed by atoms with Crippen LogP contribution in [0.15, 0.2) is 24.4 Å². The van der Waals surface area contributed by atoms with Crippen LogP contribution >= 0.6 is 0 Å². The van der Waals surface area contributed by atoms with Crippen molar-refractivity contribution in [1.82, 2.24) is 8.87 Å². The van der Waals surface area contributed by atoms with Gasteiger partial charge in [0.1, 0.15) is 12.4 Å². The lowest BCUT2D eigenvalue weighted by Crippen LogP contribution is -2.45. The number of carbonyl (C=O) groups is 1. The number of esters is 1. The molecule has 1 saturated heterocycles. The summed E-state index contributed by atoms with van der Waals surface area (Å²) in [7, 11) is 1.29. The molecule has 0 atom stereocenters. The molecule has 184 valence electrons. The van der Waals surface area contributed by atoms with E-state index in [1.807, 2.05) is 32.0 Å². The van der Waals surface area contributed by atoms with Crippen molar-refractivity contribution >= 4 is 27.2 Å². The first kappa shape index (κ1) is 25.5. The molecule has 1 fully saturated rings. The maximum absolute atomic E-state index is 13.1. The number of fused-ring (bicyclic) bond motifs is 1. The van der Waals surface area contributed by atoms with Gasteiger partial charge in [-0.1, -0.05) is 6.92 Å². The van der Waals surface area contributed by atoms with Gasteiger partial charge in [-0.25, -0.2) is 3.97 Å². The summed E-state index contributed by atoms with van der Waals surface area (Å²) in [6.07, 6.45) is 2.23. The molecule has 0 aliphatic carbocycles. The number of aromatic nitrogens is 1. The average Bonchev–Trinajstić information content (AvgIpc) is 3.12. The zero-order valence-electron chi connectivity index (χ0n) is 20.2. The average molecular weight is 483 g/mol. The van der Waals surface area contributed by atoms with Crippen LogP contribution in [0.4, 0.5) is 0 Å². The Morgan fingerprint density at radius 2 is 1.97 bits per heavy atom. The molecule has 3 rings (SSSR count). The van der Waals surface area contributed by atoms with Gasteiger partial charge in [-0.05, 0) is 58.1 Å². The highest BCUT2D eigenvalue weighted by Gasteiger charge is 2.38. The SMILES string of the molecule is COc1ccc2c(c1)c(CCN(C)C)cn2S(=O)(=O)OCC(C)(C)C(=O)OCC1(C)COC1. The van der Waals surface area contributed by atoms with E-state index in [0.717, 1.165) is 21.5 Å². The van der Waals surface area contributed by atoms with Gasteiger partial charge in [0.2, 0.25) is 0 Å². The molecule has 0 unspecified atom stereocenters. The lowest BCUT2D eigenvalue weighted by atomic mass is 9.89. The molecule has 2 aromatic rings. The Kier molecular flexibility index (Phi) is 7.42. The van der Waals surface area contributed by atoms with Crippen LogP contribution in [0, 0.1) is 10.8 Å². The summed E-state index contributed by atoms with van der Waals surface area (Å²) in [5.41, 5.74) is 0.0167. The van der Waals surface area contributed by atoms with Gasteiger partial charge in [0.05, 0.1) is 37.9 Å². The number of methoxy groups -OCH3 is 1. The summed E-state index contributed by atoms with van der Waals surface area (Å²) in [5.74, 6) is 0.124. The molecule has 1 aromatic carbocycles. The molecule has 0 N–H and O–H groups in total. The van der Waals surface area contributed by atoms with Gasteiger partial charge in [0.15, 0.2) is 0 Å². The Morgan fingerprint density at radius 3 is 2.55 bits per heavy atom. The van der Waals surface area contributed by atoms with Gasteiger partial charge in [-0.15, -0.1) is 0 Å². The molecular weight excluding hydrogens is 448 g/mol. The van der Waals surface area contributed by atoms with Gasteiger partial charge in [-0.2, -0.15) is 8.42 Å². The van der Waals surface area contributed by atoms with Crippen LogP contribution in [-0.2, 0) is 35.2 Å². The van der Waals surface area contributed by atoms with Crippen molar-refractivity contribution in [2.24, 2.45) is 10.8 Å². The summed E-state index contributed by atoms with van der Waals surface area (Å²) in [6.45, 7) is 6.88. The molecule has 1 aliphatic heterocycles. The van der Waals surface area contributed by atoms with Crippen molar-refractivity contribution in [3.63, 3.8) is 0 Å². The molecule has 0 radical (unpaired) electrons. The van der Waals surface area contributed by atoms with Crippen molar-refractivity contribution < 1.29 is 31.6 Å². The van der Waals surface area contributed by atoms with Gasteiger partial charge >= 0.3 is 16.3 Å². The largest absolute Gasteiger partial charge is 0.497 e. The van der Waals surface area contributed by atoms with E-state index in [1.54, 1.807) is 39.3 Å². The minimum absolute atomic E-state index is 0.188. The zero-order chi connectivity index (χ0) is 24.4. The third-order valence-corrected chi connectivity index (χ3v) is 6.90. The molecule has 1 aliphatic rings. The fourth-order valence-corrected chi connectivity index (χ4v) is 4.62. The van der Waals surface area contributed by atoms with Crippen molar-refractivity contribution in [1.29, 1.82) is 0 Å². The highest BCUT2D eigenvalue weighted by atomic mass is 32.2. The Bertz CT molecular complexity index is 1100. The second-order valence-corrected chi connectivity index (χ2v) is 11.4. The summed E-state index contributed by atoms with van der Waals surface area (Å²) in [5, 5.41) is 0.776. The van der Waals surface area contributed by atoms with Crippen molar-refractivity contribution in [2.45, 2.75) is 27.2 Å². The first-order valence-electron chi connectivity index (χ1n) is 10.8. The Labute approximate surface area is 195 Å². The third-order valence-electron chi connectivity index (χ3n) is 5.70. The van der Waals surface area contributed by atoms with E-state index in [9.17, 15) is 13.2 Å². The molecule has 0 amide bonds. The van der Waals surface area contributed by atoms with Gasteiger partial charge in [-0.3, -0.25) is 8.98 Å². The summed E-state index contributed by atoms with van der Waals surface area (Å²) >= 11 is 0. The molecule has 10 heteroatoms. The third kappa shape index (κ3) is 5.87. The van der Waals surface area contributed by atoms with Crippen LogP contribution in [0.25, 0.3) is 10.9 Å². The molecule has 1 aromatic heterocycles. The maximum Gasteiger partial charge on any atom is 0.366 e. The lowest BCUT2D eigenvalue weighted by molar-refractivity contribution is -0.174. The van der Waals surface area contributed by atoms with Crippen LogP contribution in [0.2, 0.25) is 0 Å². The predicted molar refractivity (Wildman–Crippen MR) is 125 cm³/mol. The highest BCUT2D eigenvalue weighted by molar-refractivity contribution is 7.85. The van der Waals surface area contributed by atoms with Gasteiger partial charge < -0.3 is 19.1 Å². The Balaban J connectivity index is 1.78. The van der Waals surface area contributed by atoms with E-state index in [0.29, 0.717) is 30.9 Å². The van der Waals surface area contributed by atoms with E-state index in [1.165, 1.54) is 0 Å². The van der Waals surface area contributed by atoms with E-state index in [2.05, 4.69) is 0 Å². The fraction of sp³-hybridized carbons (Fsp3) is 0.609. The zero-order valence-corrected chi connectivity index (χ0v) is 21.0. The van der Waals surface area contributed by atoms with Crippen molar-refractivity contribution in [3.05, 3.63) is 30.0 Å². The summed E-state index contributed by atoms with van der Waals surface area (Å²) in [4.78, 5) is 14.6. The first-order chi connectivity index (χ1) is 15.4. The maximum atomic E-state index is 13.1. The van der Waals surface area contributed by atoms with Crippen LogP contribution in [0.1, 0.15) is 26.3 Å². The quantitative estimate of drug-likeness (QED) is 0.451. The van der Waals surface area contributed by atoms with E-state index >= 15 is 0 Å². The second-order valence-electron chi connectivity index (χ2n) is 9.87. The highest BCUT2D eigenvalue weighted by Crippen LogP contribution is 2.30. The topological polar surface area (TPSA) is 96.3 Å². The van der Waals surface area contributed by atoms with E-state index in [-0.39, 0.29) is 18.6 Å². The summed E-state index contributed by atoms with van der Waals surface area (Å²) < 4.78 is 48.6. The van der Waals surface area contributed by atoms with Crippen LogP contribution in [0.3, 0.4) is 0 Å². The van der Waals surface area contributed by atoms with Gasteiger partial charge in [0, 0.05) is 23.5 Å². The number of nitrogens with zero attached hydrogens (tertiary/aromatic N) is 2. The summed E-state index contributed by atoms with van der Waals surface area (Å²) in [6, 6.07) is 5.21. The first-order valence-corrected chi connectivity index (χ1v) is 12.2. The lowest BCUT2D eigenvalue weighted by Gasteiger charge is -2.37. The Morgan fingerprint density at radius 1 is 1.27 bits per heavy atom. The van der Waals surface area contributed by atoms with Gasteiger partial charge in [0.25, 0.3) is 0 Å². The monoisotopic (exact) mass is 482 g/mol. The normalized spacial score (nSPS) is 16.1. The number of carbonyl (C=O) groups excluding carboxylic acids is 1. The van der Waals surface area contributed by atoms with Crippen molar-refractivity contribution in [2.75, 3.05) is 54.2 Å². The van der Waals surface area contributed by atoms with Crippen LogP contribution in [0.5, 0.6) is 5.75 Å². The van der Waals surface area contributed by atoms with Crippen molar-refractivity contribution in [3.8, 4) is 5.75 Å². The molecule has 9 nitrogen and oxygen atoms in total. The van der Waals surface area contributed by atoms with E-state index in [4.69, 9.17) is 18.4 Å². The van der Waals surface area contributed by atoms with Crippen LogP contribution in [-0.4, -0.2) is 77.4 Å². The number of rotatable bonds is 11. The smallest absolute Gasteiger partial charge is 0.366 e. The second kappa shape index (κ2) is 9.61. The molecule has 2 heterocycles. The predicted octanol–water partition coefficient (Wildman–Crippen LogP) is 2.47. The van der Waals surface area contributed by atoms with E-state index < -0.39 is 21.7 Å². The number of benzene rings is 1. The number of hydrogen-bond donors (Lipinski definition) is 0. The number of ether oxygens (including phenoxy) is 3.